The molecule has 4 aromatic rings. The number of benzene rings is 4. The van der Waals surface area contributed by atoms with Gasteiger partial charge >= 0.3 is 5.97 Å². The lowest BCUT2D eigenvalue weighted by molar-refractivity contribution is -0.384. The van der Waals surface area contributed by atoms with E-state index in [0.29, 0.717) is 22.4 Å². The number of nitro benzene ring substituents is 1. The number of fused-ring (bicyclic) bond motifs is 1. The molecule has 0 aliphatic rings. The number of rotatable bonds is 6. The quantitative estimate of drug-likeness (QED) is 0.0932. The van der Waals surface area contributed by atoms with Crippen molar-refractivity contribution in [3.63, 3.8) is 0 Å². The summed E-state index contributed by atoms with van der Waals surface area (Å²) in [5.74, 6) is -1.09. The molecule has 176 valence electrons. The molecule has 0 saturated carbocycles. The van der Waals surface area contributed by atoms with Crippen LogP contribution >= 0.6 is 0 Å². The number of esters is 1. The Morgan fingerprint density at radius 1 is 1.00 bits per heavy atom. The number of non-ortho nitro benzene ring substituents is 1. The molecule has 0 spiro atoms. The number of nitro groups is 1. The fourth-order valence-corrected chi connectivity index (χ4v) is 3.65. The molecule has 0 aromatic heterocycles. The van der Waals surface area contributed by atoms with Crippen molar-refractivity contribution in [3.8, 4) is 11.8 Å². The highest BCUT2D eigenvalue weighted by atomic mass is 16.6. The van der Waals surface area contributed by atoms with E-state index in [0.717, 1.165) is 10.8 Å². The summed E-state index contributed by atoms with van der Waals surface area (Å²) in [6.45, 7) is 1.61. The third kappa shape index (κ3) is 5.11. The Morgan fingerprint density at radius 3 is 2.47 bits per heavy atom. The largest absolute Gasteiger partial charge is 0.422 e. The van der Waals surface area contributed by atoms with Gasteiger partial charge in [-0.1, -0.05) is 54.6 Å². The first-order chi connectivity index (χ1) is 17.4. The summed E-state index contributed by atoms with van der Waals surface area (Å²) < 4.78 is 5.65. The monoisotopic (exact) mass is 477 g/mol. The van der Waals surface area contributed by atoms with Crippen LogP contribution in [0.3, 0.4) is 0 Å². The average molecular weight is 477 g/mol. The van der Waals surface area contributed by atoms with Crippen LogP contribution in [0.4, 0.5) is 11.4 Å². The summed E-state index contributed by atoms with van der Waals surface area (Å²) in [4.78, 5) is 36.2. The van der Waals surface area contributed by atoms with E-state index >= 15 is 0 Å². The summed E-state index contributed by atoms with van der Waals surface area (Å²) in [5.41, 5.74) is 1.21. The highest BCUT2D eigenvalue weighted by Gasteiger charge is 2.17. The molecule has 1 N–H and O–H groups in total. The van der Waals surface area contributed by atoms with Gasteiger partial charge in [-0.15, -0.1) is 0 Å². The third-order valence-electron chi connectivity index (χ3n) is 5.47. The standard InChI is InChI=1S/C28H19N3O5/c1-18-15-22(31(34)35)13-14-25(18)30-27(32)21(17-29)16-20-8-3-5-12-26(20)36-28(33)24-11-6-9-19-7-2-4-10-23(19)24/h2-16H,1H3,(H,30,32). The molecule has 4 aromatic carbocycles. The molecule has 4 rings (SSSR count). The number of hydrogen-bond acceptors (Lipinski definition) is 6. The summed E-state index contributed by atoms with van der Waals surface area (Å²) in [6.07, 6.45) is 1.32. The van der Waals surface area contributed by atoms with Gasteiger partial charge in [0.2, 0.25) is 0 Å². The first-order valence-corrected chi connectivity index (χ1v) is 10.8. The van der Waals surface area contributed by atoms with Gasteiger partial charge in [0.25, 0.3) is 11.6 Å². The Kier molecular flexibility index (Phi) is 6.84. The maximum atomic E-state index is 13.0. The van der Waals surface area contributed by atoms with Gasteiger partial charge in [-0.3, -0.25) is 14.9 Å². The topological polar surface area (TPSA) is 122 Å². The number of ether oxygens (including phenoxy) is 1. The van der Waals surface area contributed by atoms with Crippen LogP contribution in [-0.2, 0) is 4.79 Å². The third-order valence-corrected chi connectivity index (χ3v) is 5.47. The van der Waals surface area contributed by atoms with Gasteiger partial charge in [0.1, 0.15) is 17.4 Å². The average Bonchev–Trinajstić information content (AvgIpc) is 2.88. The van der Waals surface area contributed by atoms with Gasteiger partial charge in [0, 0.05) is 23.4 Å². The lowest BCUT2D eigenvalue weighted by Crippen LogP contribution is -2.14. The predicted octanol–water partition coefficient (Wildman–Crippen LogP) is 5.82. The van der Waals surface area contributed by atoms with Crippen molar-refractivity contribution >= 4 is 40.1 Å². The molecule has 1 amide bonds. The Balaban J connectivity index is 1.60. The molecular formula is C28H19N3O5. The highest BCUT2D eigenvalue weighted by Crippen LogP contribution is 2.26. The fraction of sp³-hybridized carbons (Fsp3) is 0.0357. The van der Waals surface area contributed by atoms with Crippen LogP contribution in [0.1, 0.15) is 21.5 Å². The number of nitriles is 1. The molecule has 0 aliphatic carbocycles. The zero-order chi connectivity index (χ0) is 25.7. The number of para-hydroxylation sites is 1. The van der Waals surface area contributed by atoms with Crippen LogP contribution in [0.2, 0.25) is 0 Å². The molecule has 0 heterocycles. The number of nitrogens with zero attached hydrogens (tertiary/aromatic N) is 2. The van der Waals surface area contributed by atoms with Gasteiger partial charge in [-0.2, -0.15) is 5.26 Å². The molecule has 0 radical (unpaired) electrons. The first kappa shape index (κ1) is 23.9. The van der Waals surface area contributed by atoms with Crippen LogP contribution < -0.4 is 10.1 Å². The van der Waals surface area contributed by atoms with Crippen LogP contribution in [-0.4, -0.2) is 16.8 Å². The SMILES string of the molecule is Cc1cc([N+](=O)[O-])ccc1NC(=O)C(C#N)=Cc1ccccc1OC(=O)c1cccc2ccccc12. The van der Waals surface area contributed by atoms with Crippen molar-refractivity contribution in [2.24, 2.45) is 0 Å². The summed E-state index contributed by atoms with van der Waals surface area (Å²) in [7, 11) is 0. The molecule has 0 unspecified atom stereocenters. The van der Waals surface area contributed by atoms with E-state index < -0.39 is 16.8 Å². The molecular weight excluding hydrogens is 458 g/mol. The Hall–Kier alpha value is -5.29. The van der Waals surface area contributed by atoms with E-state index in [2.05, 4.69) is 5.32 Å². The van der Waals surface area contributed by atoms with Gasteiger partial charge in [-0.05, 0) is 47.5 Å². The predicted molar refractivity (Wildman–Crippen MR) is 135 cm³/mol. The maximum Gasteiger partial charge on any atom is 0.344 e. The zero-order valence-electron chi connectivity index (χ0n) is 19.1. The summed E-state index contributed by atoms with van der Waals surface area (Å²) >= 11 is 0. The minimum absolute atomic E-state index is 0.108. The van der Waals surface area contributed by atoms with E-state index in [1.54, 1.807) is 43.3 Å². The molecule has 0 saturated heterocycles. The normalized spacial score (nSPS) is 10.9. The Morgan fingerprint density at radius 2 is 1.72 bits per heavy atom. The van der Waals surface area contributed by atoms with E-state index in [4.69, 9.17) is 4.74 Å². The second kappa shape index (κ2) is 10.3. The summed E-state index contributed by atoms with van der Waals surface area (Å²) in [6, 6.07) is 25.2. The Labute approximate surface area is 206 Å². The van der Waals surface area contributed by atoms with Crippen LogP contribution in [0.25, 0.3) is 16.8 Å². The van der Waals surface area contributed by atoms with Crippen molar-refractivity contribution in [2.75, 3.05) is 5.32 Å². The number of carbonyl (C=O) groups excluding carboxylic acids is 2. The minimum Gasteiger partial charge on any atom is -0.422 e. The number of amides is 1. The molecule has 8 nitrogen and oxygen atoms in total. The molecule has 36 heavy (non-hydrogen) atoms. The second-order valence-corrected chi connectivity index (χ2v) is 7.83. The lowest BCUT2D eigenvalue weighted by atomic mass is 10.0. The lowest BCUT2D eigenvalue weighted by Gasteiger charge is -2.10. The van der Waals surface area contributed by atoms with Gasteiger partial charge in [0.05, 0.1) is 10.5 Å². The van der Waals surface area contributed by atoms with E-state index in [1.165, 1.54) is 24.3 Å². The highest BCUT2D eigenvalue weighted by molar-refractivity contribution is 6.10. The van der Waals surface area contributed by atoms with Crippen LogP contribution in [0, 0.1) is 28.4 Å². The molecule has 8 heteroatoms. The van der Waals surface area contributed by atoms with Crippen LogP contribution in [0.5, 0.6) is 5.75 Å². The molecule has 0 fully saturated rings. The van der Waals surface area contributed by atoms with Gasteiger partial charge in [-0.25, -0.2) is 4.79 Å². The van der Waals surface area contributed by atoms with Gasteiger partial charge in [0.15, 0.2) is 0 Å². The Bertz CT molecular complexity index is 1580. The van der Waals surface area contributed by atoms with Crippen molar-refractivity contribution in [2.45, 2.75) is 6.92 Å². The number of nitrogens with one attached hydrogen (secondary N) is 1. The van der Waals surface area contributed by atoms with Crippen molar-refractivity contribution < 1.29 is 19.2 Å². The number of aryl methyl sites for hydroxylation is 1. The van der Waals surface area contributed by atoms with Crippen molar-refractivity contribution in [1.82, 2.24) is 0 Å². The van der Waals surface area contributed by atoms with E-state index in [-0.39, 0.29) is 17.0 Å². The number of carbonyl (C=O) groups is 2. The summed E-state index contributed by atoms with van der Waals surface area (Å²) in [5, 5.41) is 24.8. The first-order valence-electron chi connectivity index (χ1n) is 10.8. The van der Waals surface area contributed by atoms with Gasteiger partial charge < -0.3 is 10.1 Å². The molecule has 0 aliphatic heterocycles. The molecule has 0 atom stereocenters. The second-order valence-electron chi connectivity index (χ2n) is 7.83. The maximum absolute atomic E-state index is 13.0. The van der Waals surface area contributed by atoms with Crippen LogP contribution in [0.15, 0.2) is 90.5 Å². The molecule has 0 bridgehead atoms. The number of anilines is 1. The van der Waals surface area contributed by atoms with E-state index in [9.17, 15) is 25.0 Å². The van der Waals surface area contributed by atoms with Crippen molar-refractivity contribution in [3.05, 3.63) is 117 Å². The van der Waals surface area contributed by atoms with Crippen molar-refractivity contribution in [1.29, 1.82) is 5.26 Å². The zero-order valence-corrected chi connectivity index (χ0v) is 19.1. The minimum atomic E-state index is -0.704. The fourth-order valence-electron chi connectivity index (χ4n) is 3.65. The van der Waals surface area contributed by atoms with E-state index in [1.807, 2.05) is 36.4 Å². The smallest absolute Gasteiger partial charge is 0.344 e. The number of hydrogen-bond donors (Lipinski definition) is 1.